The summed E-state index contributed by atoms with van der Waals surface area (Å²) in [5.74, 6) is 0.734. The van der Waals surface area contributed by atoms with Crippen LogP contribution in [0.5, 0.6) is 5.75 Å². The Morgan fingerprint density at radius 2 is 1.73 bits per heavy atom. The average molecular weight is 537 g/mol. The number of nitrogens with zero attached hydrogens (tertiary/aromatic N) is 1. The third-order valence-electron chi connectivity index (χ3n) is 7.11. The predicted molar refractivity (Wildman–Crippen MR) is 163 cm³/mol. The lowest BCUT2D eigenvalue weighted by molar-refractivity contribution is 0.0934. The van der Waals surface area contributed by atoms with Crippen molar-refractivity contribution in [1.29, 1.82) is 0 Å². The van der Waals surface area contributed by atoms with E-state index in [1.165, 1.54) is 0 Å². The minimum Gasteiger partial charge on any atom is -0.496 e. The molecule has 1 amide bonds. The van der Waals surface area contributed by atoms with Crippen molar-refractivity contribution in [2.75, 3.05) is 13.7 Å². The van der Waals surface area contributed by atoms with E-state index in [0.717, 1.165) is 51.6 Å². The Hall–Kier alpha value is -3.99. The lowest BCUT2D eigenvalue weighted by Crippen LogP contribution is -2.25. The van der Waals surface area contributed by atoms with Crippen molar-refractivity contribution in [2.45, 2.75) is 60.3 Å². The zero-order valence-electron chi connectivity index (χ0n) is 24.6. The molecule has 3 aromatic carbocycles. The molecule has 0 saturated heterocycles. The highest BCUT2D eigenvalue weighted by molar-refractivity contribution is 6.03. The van der Waals surface area contributed by atoms with Gasteiger partial charge in [-0.25, -0.2) is 0 Å². The maximum Gasteiger partial charge on any atom is 0.251 e. The number of carbonyl (C=O) groups is 2. The first-order valence-electron chi connectivity index (χ1n) is 14.1. The van der Waals surface area contributed by atoms with Crippen LogP contribution in [-0.4, -0.2) is 30.3 Å². The minimum absolute atomic E-state index is 0.0562. The number of hydrogen-bond donors (Lipinski definition) is 1. The zero-order chi connectivity index (χ0) is 28.9. The molecule has 0 bridgehead atoms. The number of methoxy groups -OCH3 is 1. The highest BCUT2D eigenvalue weighted by Crippen LogP contribution is 2.37. The number of fused-ring (bicyclic) bond motifs is 1. The number of ether oxygens (including phenoxy) is 1. The topological polar surface area (TPSA) is 68.3 Å². The first-order valence-corrected chi connectivity index (χ1v) is 14.1. The van der Waals surface area contributed by atoms with E-state index in [9.17, 15) is 9.59 Å². The van der Waals surface area contributed by atoms with Gasteiger partial charge in [-0.15, -0.1) is 0 Å². The molecular formula is C35H40N2O3. The van der Waals surface area contributed by atoms with Gasteiger partial charge in [0.2, 0.25) is 0 Å². The van der Waals surface area contributed by atoms with Gasteiger partial charge in [0.1, 0.15) is 5.75 Å². The summed E-state index contributed by atoms with van der Waals surface area (Å²) in [4.78, 5) is 31.0. The second-order valence-electron chi connectivity index (χ2n) is 11.7. The van der Waals surface area contributed by atoms with Gasteiger partial charge in [0.15, 0.2) is 5.78 Å². The van der Waals surface area contributed by atoms with Crippen LogP contribution < -0.4 is 10.1 Å². The fraction of sp³-hybridized carbons (Fsp3) is 0.343. The molecule has 0 atom stereocenters. The second kappa shape index (κ2) is 12.5. The number of aromatic nitrogens is 1. The van der Waals surface area contributed by atoms with Crippen molar-refractivity contribution < 1.29 is 14.3 Å². The summed E-state index contributed by atoms with van der Waals surface area (Å²) in [7, 11) is 1.65. The summed E-state index contributed by atoms with van der Waals surface area (Å²) in [6.07, 6.45) is 4.77. The molecule has 0 spiro atoms. The molecular weight excluding hydrogens is 496 g/mol. The number of rotatable bonds is 10. The SMILES string of the molecule is CCCCNC(=O)c1ccc(-c2cc3c(Cc4ccccc4)c(C(=O)CC(C)(C)C)cnc3cc2OC)cc1C. The van der Waals surface area contributed by atoms with Gasteiger partial charge in [0.25, 0.3) is 5.91 Å². The second-order valence-corrected chi connectivity index (χ2v) is 11.7. The van der Waals surface area contributed by atoms with Crippen molar-refractivity contribution in [3.63, 3.8) is 0 Å². The molecule has 4 rings (SSSR count). The van der Waals surface area contributed by atoms with E-state index in [-0.39, 0.29) is 17.1 Å². The molecule has 0 fully saturated rings. The van der Waals surface area contributed by atoms with E-state index in [1.54, 1.807) is 13.3 Å². The van der Waals surface area contributed by atoms with Crippen LogP contribution in [0, 0.1) is 12.3 Å². The Morgan fingerprint density at radius 1 is 0.975 bits per heavy atom. The minimum atomic E-state index is -0.136. The fourth-order valence-electron chi connectivity index (χ4n) is 5.04. The summed E-state index contributed by atoms with van der Waals surface area (Å²) < 4.78 is 5.81. The number of Topliss-reactive ketones (excluding diaryl/α,β-unsaturated/α-hetero) is 1. The lowest BCUT2D eigenvalue weighted by atomic mass is 9.85. The fourth-order valence-corrected chi connectivity index (χ4v) is 5.04. The lowest BCUT2D eigenvalue weighted by Gasteiger charge is -2.20. The third-order valence-corrected chi connectivity index (χ3v) is 7.11. The van der Waals surface area contributed by atoms with Crippen molar-refractivity contribution in [1.82, 2.24) is 10.3 Å². The van der Waals surface area contributed by atoms with Crippen LogP contribution in [0.1, 0.15) is 84.4 Å². The quantitative estimate of drug-likeness (QED) is 0.165. The van der Waals surface area contributed by atoms with Crippen LogP contribution in [0.25, 0.3) is 22.0 Å². The summed E-state index contributed by atoms with van der Waals surface area (Å²) in [6, 6.07) is 20.1. The Bertz CT molecular complexity index is 1520. The Balaban J connectivity index is 1.85. The van der Waals surface area contributed by atoms with Gasteiger partial charge in [0, 0.05) is 47.3 Å². The van der Waals surface area contributed by atoms with Crippen molar-refractivity contribution in [3.8, 4) is 16.9 Å². The molecule has 0 aliphatic heterocycles. The van der Waals surface area contributed by atoms with Gasteiger partial charge in [-0.1, -0.05) is 76.6 Å². The number of benzene rings is 3. The highest BCUT2D eigenvalue weighted by Gasteiger charge is 2.23. The normalized spacial score (nSPS) is 11.4. The summed E-state index contributed by atoms with van der Waals surface area (Å²) in [6.45, 7) is 11.0. The standard InChI is InChI=1S/C35H40N2O3/c1-7-8-16-36-34(39)26-15-14-25(17-23(26)2)27-19-29-28(18-24-12-10-9-11-13-24)30(32(38)21-35(3,4)5)22-37-31(29)20-33(27)40-6/h9-15,17,19-20,22H,7-8,16,18,21H2,1-6H3,(H,36,39). The summed E-state index contributed by atoms with van der Waals surface area (Å²) in [5.41, 5.74) is 6.81. The molecule has 5 heteroatoms. The number of unbranched alkanes of at least 4 members (excludes halogenated alkanes) is 1. The van der Waals surface area contributed by atoms with Crippen molar-refractivity contribution in [2.24, 2.45) is 5.41 Å². The number of nitrogens with one attached hydrogen (secondary N) is 1. The summed E-state index contributed by atoms with van der Waals surface area (Å²) in [5, 5.41) is 3.94. The maximum absolute atomic E-state index is 13.5. The van der Waals surface area contributed by atoms with Gasteiger partial charge in [-0.05, 0) is 59.6 Å². The first kappa shape index (κ1) is 29.0. The average Bonchev–Trinajstić information content (AvgIpc) is 2.92. The third kappa shape index (κ3) is 6.77. The van der Waals surface area contributed by atoms with Crippen LogP contribution >= 0.6 is 0 Å². The molecule has 0 aliphatic rings. The van der Waals surface area contributed by atoms with Gasteiger partial charge in [-0.3, -0.25) is 14.6 Å². The number of aryl methyl sites for hydroxylation is 1. The number of carbonyl (C=O) groups excluding carboxylic acids is 2. The van der Waals surface area contributed by atoms with Gasteiger partial charge in [0.05, 0.1) is 12.6 Å². The van der Waals surface area contributed by atoms with Crippen LogP contribution in [0.2, 0.25) is 0 Å². The molecule has 0 saturated carbocycles. The summed E-state index contributed by atoms with van der Waals surface area (Å²) >= 11 is 0. The van der Waals surface area contributed by atoms with E-state index in [1.807, 2.05) is 49.4 Å². The van der Waals surface area contributed by atoms with E-state index < -0.39 is 0 Å². The highest BCUT2D eigenvalue weighted by atomic mass is 16.5. The number of hydrogen-bond acceptors (Lipinski definition) is 4. The monoisotopic (exact) mass is 536 g/mol. The van der Waals surface area contributed by atoms with Gasteiger partial charge in [-0.2, -0.15) is 0 Å². The van der Waals surface area contributed by atoms with Crippen LogP contribution in [0.3, 0.4) is 0 Å². The molecule has 5 nitrogen and oxygen atoms in total. The number of amides is 1. The molecule has 208 valence electrons. The Morgan fingerprint density at radius 3 is 2.38 bits per heavy atom. The van der Waals surface area contributed by atoms with E-state index >= 15 is 0 Å². The van der Waals surface area contributed by atoms with Crippen molar-refractivity contribution in [3.05, 3.63) is 94.7 Å². The molecule has 4 aromatic rings. The smallest absolute Gasteiger partial charge is 0.251 e. The molecule has 1 heterocycles. The molecule has 0 aliphatic carbocycles. The Kier molecular flexibility index (Phi) is 9.03. The van der Waals surface area contributed by atoms with Crippen LogP contribution in [0.4, 0.5) is 0 Å². The van der Waals surface area contributed by atoms with Gasteiger partial charge < -0.3 is 10.1 Å². The number of pyridine rings is 1. The van der Waals surface area contributed by atoms with Crippen LogP contribution in [0.15, 0.2) is 66.9 Å². The predicted octanol–water partition coefficient (Wildman–Crippen LogP) is 7.96. The zero-order valence-corrected chi connectivity index (χ0v) is 24.6. The van der Waals surface area contributed by atoms with Gasteiger partial charge >= 0.3 is 0 Å². The van der Waals surface area contributed by atoms with E-state index in [4.69, 9.17) is 9.72 Å². The van der Waals surface area contributed by atoms with Crippen LogP contribution in [-0.2, 0) is 6.42 Å². The van der Waals surface area contributed by atoms with E-state index in [2.05, 4.69) is 51.2 Å². The van der Waals surface area contributed by atoms with E-state index in [0.29, 0.717) is 36.3 Å². The first-order chi connectivity index (χ1) is 19.1. The molecule has 1 aromatic heterocycles. The molecule has 40 heavy (non-hydrogen) atoms. The molecule has 0 unspecified atom stereocenters. The molecule has 1 N–H and O–H groups in total. The Labute approximate surface area is 238 Å². The number of ketones is 1. The maximum atomic E-state index is 13.5. The largest absolute Gasteiger partial charge is 0.496 e. The molecule has 0 radical (unpaired) electrons. The van der Waals surface area contributed by atoms with Crippen molar-refractivity contribution >= 4 is 22.6 Å².